The van der Waals surface area contributed by atoms with Crippen molar-refractivity contribution in [3.63, 3.8) is 0 Å². The highest BCUT2D eigenvalue weighted by Crippen LogP contribution is 2.64. The quantitative estimate of drug-likeness (QED) is 0.484. The minimum Gasteiger partial charge on any atom is -0.360 e. The molecule has 13 heteroatoms. The topological polar surface area (TPSA) is 119 Å². The van der Waals surface area contributed by atoms with Gasteiger partial charge in [0.1, 0.15) is 18.4 Å². The van der Waals surface area contributed by atoms with Crippen LogP contribution in [0.5, 0.6) is 0 Å². The van der Waals surface area contributed by atoms with E-state index in [0.29, 0.717) is 6.54 Å². The lowest BCUT2D eigenvalue weighted by Gasteiger charge is -2.39. The van der Waals surface area contributed by atoms with Crippen molar-refractivity contribution in [3.05, 3.63) is 16.8 Å². The van der Waals surface area contributed by atoms with Crippen LogP contribution in [0.3, 0.4) is 0 Å². The molecular formula is C21H30F3N7O2S. The first-order chi connectivity index (χ1) is 15.6. The van der Waals surface area contributed by atoms with Gasteiger partial charge in [0.2, 0.25) is 5.91 Å². The predicted octanol–water partition coefficient (Wildman–Crippen LogP) is 1.43. The van der Waals surface area contributed by atoms with Crippen LogP contribution in [0.2, 0.25) is 0 Å². The summed E-state index contributed by atoms with van der Waals surface area (Å²) in [5.41, 5.74) is -1.29. The number of H-pyrrole nitrogens is 1. The Morgan fingerprint density at radius 2 is 2.06 bits per heavy atom. The van der Waals surface area contributed by atoms with Crippen LogP contribution in [-0.2, 0) is 11.3 Å². The smallest absolute Gasteiger partial charge is 0.360 e. The van der Waals surface area contributed by atoms with E-state index in [0.717, 1.165) is 0 Å². The molecule has 9 nitrogen and oxygen atoms in total. The number of nitrogens with one attached hydrogen (secondary N) is 3. The first-order valence-electron chi connectivity index (χ1n) is 11.0. The van der Waals surface area contributed by atoms with E-state index < -0.39 is 40.3 Å². The van der Waals surface area contributed by atoms with Gasteiger partial charge in [-0.1, -0.05) is 46.8 Å². The number of nitriles is 1. The lowest BCUT2D eigenvalue weighted by molar-refractivity contribution is -0.138. The summed E-state index contributed by atoms with van der Waals surface area (Å²) in [4.78, 5) is 25.5. The molecule has 1 aromatic rings. The molecule has 3 rings (SSSR count). The van der Waals surface area contributed by atoms with Gasteiger partial charge >= 0.3 is 11.9 Å². The highest BCUT2D eigenvalue weighted by molar-refractivity contribution is 7.80. The Kier molecular flexibility index (Phi) is 6.89. The van der Waals surface area contributed by atoms with Crippen LogP contribution in [-0.4, -0.2) is 68.0 Å². The predicted molar refractivity (Wildman–Crippen MR) is 122 cm³/mol. The number of hydrogen-bond acceptors (Lipinski definition) is 6. The maximum absolute atomic E-state index is 13.5. The molecule has 1 saturated heterocycles. The van der Waals surface area contributed by atoms with E-state index in [1.54, 1.807) is 25.7 Å². The second-order valence-corrected chi connectivity index (χ2v) is 11.1. The van der Waals surface area contributed by atoms with Gasteiger partial charge in [-0.05, 0) is 22.7 Å². The number of thiocarbonyl (C=S) groups is 1. The zero-order chi connectivity index (χ0) is 25.6. The summed E-state index contributed by atoms with van der Waals surface area (Å²) in [5, 5.41) is 20.8. The molecule has 1 saturated carbocycles. The van der Waals surface area contributed by atoms with E-state index in [1.165, 1.54) is 10.9 Å². The lowest BCUT2D eigenvalue weighted by Crippen LogP contribution is -2.59. The fourth-order valence-corrected chi connectivity index (χ4v) is 5.09. The average Bonchev–Trinajstić information content (AvgIpc) is 3.06. The number of rotatable bonds is 7. The Labute approximate surface area is 201 Å². The van der Waals surface area contributed by atoms with Crippen LogP contribution in [0.1, 0.15) is 34.6 Å². The van der Waals surface area contributed by atoms with E-state index in [1.807, 2.05) is 0 Å². The normalized spacial score (nSPS) is 25.3. The van der Waals surface area contributed by atoms with Crippen molar-refractivity contribution in [2.24, 2.45) is 22.7 Å². The molecule has 2 aliphatic rings. The summed E-state index contributed by atoms with van der Waals surface area (Å²) in [5.74, 6) is -0.0842. The fraction of sp³-hybridized carbons (Fsp3) is 0.762. The zero-order valence-electron chi connectivity index (χ0n) is 19.7. The summed E-state index contributed by atoms with van der Waals surface area (Å²) in [6, 6.07) is -0.0912. The molecule has 34 heavy (non-hydrogen) atoms. The van der Waals surface area contributed by atoms with Crippen molar-refractivity contribution in [2.45, 2.75) is 65.5 Å². The first-order valence-corrected chi connectivity index (χ1v) is 11.4. The molecule has 5 atom stereocenters. The van der Waals surface area contributed by atoms with Crippen molar-refractivity contribution in [1.82, 2.24) is 30.3 Å². The average molecular weight is 502 g/mol. The van der Waals surface area contributed by atoms with Crippen LogP contribution >= 0.6 is 12.2 Å². The molecule has 0 spiro atoms. The molecule has 188 valence electrons. The Morgan fingerprint density at radius 1 is 1.41 bits per heavy atom. The van der Waals surface area contributed by atoms with Gasteiger partial charge in [0.05, 0.1) is 12.6 Å². The highest BCUT2D eigenvalue weighted by Gasteiger charge is 2.67. The number of halogens is 3. The van der Waals surface area contributed by atoms with E-state index in [4.69, 9.17) is 0 Å². The minimum atomic E-state index is -4.74. The van der Waals surface area contributed by atoms with Crippen LogP contribution < -0.4 is 16.3 Å². The number of likely N-dealkylation sites (tertiary alicyclic amines) is 1. The molecular weight excluding hydrogens is 471 g/mol. The van der Waals surface area contributed by atoms with Crippen LogP contribution in [0.4, 0.5) is 13.2 Å². The first kappa shape index (κ1) is 26.2. The number of alkyl halides is 3. The number of aromatic nitrogens is 3. The van der Waals surface area contributed by atoms with Crippen LogP contribution in [0.25, 0.3) is 0 Å². The molecule has 1 aromatic heterocycles. The van der Waals surface area contributed by atoms with Gasteiger partial charge in [0.25, 0.3) is 0 Å². The highest BCUT2D eigenvalue weighted by atomic mass is 32.1. The molecule has 1 aliphatic heterocycles. The van der Waals surface area contributed by atoms with Crippen LogP contribution in [0, 0.1) is 34.0 Å². The number of piperidine rings is 1. The summed E-state index contributed by atoms with van der Waals surface area (Å²) in [6.07, 6.45) is -3.44. The van der Waals surface area contributed by atoms with Gasteiger partial charge in [-0.3, -0.25) is 14.7 Å². The molecule has 2 fully saturated rings. The maximum Gasteiger partial charge on any atom is 0.441 e. The molecule has 1 aliphatic carbocycles. The number of fused-ring (bicyclic) bond motifs is 1. The number of carbonyl (C=O) groups is 1. The maximum atomic E-state index is 13.5. The van der Waals surface area contributed by atoms with E-state index in [2.05, 4.69) is 53.0 Å². The number of carbonyl (C=O) groups excluding carboxylic acids is 1. The molecule has 2 heterocycles. The summed E-state index contributed by atoms with van der Waals surface area (Å²) >= 11 is 4.50. The number of nitrogens with zero attached hydrogens (tertiary/aromatic N) is 4. The Morgan fingerprint density at radius 3 is 2.56 bits per heavy atom. The molecule has 1 amide bonds. The Balaban J connectivity index is 1.77. The minimum absolute atomic E-state index is 0.0152. The molecule has 0 radical (unpaired) electrons. The van der Waals surface area contributed by atoms with Crippen molar-refractivity contribution < 1.29 is 18.0 Å². The van der Waals surface area contributed by atoms with Gasteiger partial charge in [-0.15, -0.1) is 0 Å². The largest absolute Gasteiger partial charge is 0.441 e. The lowest BCUT2D eigenvalue weighted by atomic mass is 9.85. The SMILES string of the molecule is CC(C)(C)[C@H](NC(=S)C(F)(F)F)C(=O)N1C[C@H]2[C@@H](C1CN[C@H](C#N)Cn1cn[nH]c1=O)C2(C)C. The molecule has 0 bridgehead atoms. The molecule has 0 aromatic carbocycles. The van der Waals surface area contributed by atoms with Gasteiger partial charge in [-0.2, -0.15) is 23.5 Å². The molecule has 1 unspecified atom stereocenters. The van der Waals surface area contributed by atoms with Crippen molar-refractivity contribution in [2.75, 3.05) is 13.1 Å². The fourth-order valence-electron chi connectivity index (χ4n) is 4.97. The third-order valence-electron chi connectivity index (χ3n) is 7.00. The Hall–Kier alpha value is -2.46. The zero-order valence-corrected chi connectivity index (χ0v) is 20.5. The number of amides is 1. The van der Waals surface area contributed by atoms with E-state index in [-0.39, 0.29) is 36.4 Å². The summed E-state index contributed by atoms with van der Waals surface area (Å²) in [7, 11) is 0. The van der Waals surface area contributed by atoms with E-state index in [9.17, 15) is 28.0 Å². The third kappa shape index (κ3) is 5.12. The Bertz CT molecular complexity index is 1040. The number of aromatic amines is 1. The van der Waals surface area contributed by atoms with E-state index >= 15 is 0 Å². The summed E-state index contributed by atoms with van der Waals surface area (Å²) < 4.78 is 40.6. The monoisotopic (exact) mass is 501 g/mol. The second kappa shape index (κ2) is 8.96. The number of hydrogen-bond donors (Lipinski definition) is 3. The van der Waals surface area contributed by atoms with Crippen molar-refractivity contribution in [1.29, 1.82) is 5.26 Å². The van der Waals surface area contributed by atoms with Gasteiger partial charge in [-0.25, -0.2) is 9.89 Å². The second-order valence-electron chi connectivity index (χ2n) is 10.7. The van der Waals surface area contributed by atoms with Gasteiger partial charge < -0.3 is 10.2 Å². The standard InChI is InChI=1S/C21H30F3N7O2S/c1-19(2,3)15(28-17(34)21(22,23)24)16(32)31-9-12-14(20(12,4)5)13(31)7-26-11(6-25)8-30-10-27-29-18(30)33/h10-15,26H,7-9H2,1-5H3,(H,28,34)(H,29,33)/t11-,12+,13?,14+,15-/m1/s1. The van der Waals surface area contributed by atoms with Crippen molar-refractivity contribution in [3.8, 4) is 6.07 Å². The van der Waals surface area contributed by atoms with Crippen LogP contribution in [0.15, 0.2) is 11.1 Å². The molecule has 3 N–H and O–H groups in total. The van der Waals surface area contributed by atoms with Gasteiger partial charge in [0.15, 0.2) is 4.99 Å². The summed E-state index contributed by atoms with van der Waals surface area (Å²) in [6.45, 7) is 10.0. The van der Waals surface area contributed by atoms with Gasteiger partial charge in [0, 0.05) is 19.1 Å². The van der Waals surface area contributed by atoms with Crippen molar-refractivity contribution >= 4 is 23.1 Å². The third-order valence-corrected chi connectivity index (χ3v) is 7.35.